The molecule has 5 heteroatoms. The lowest BCUT2D eigenvalue weighted by molar-refractivity contribution is -0.0515. The lowest BCUT2D eigenvalue weighted by Gasteiger charge is -2.35. The van der Waals surface area contributed by atoms with Crippen LogP contribution in [0.4, 0.5) is 5.82 Å². The molecule has 106 valence electrons. The molecule has 0 unspecified atom stereocenters. The predicted molar refractivity (Wildman–Crippen MR) is 85.4 cm³/mol. The van der Waals surface area contributed by atoms with Gasteiger partial charge in [-0.2, -0.15) is 0 Å². The van der Waals surface area contributed by atoms with E-state index < -0.39 is 0 Å². The summed E-state index contributed by atoms with van der Waals surface area (Å²) < 4.78 is 6.97. The number of hydrogen-bond acceptors (Lipinski definition) is 4. The SMILES string of the molecule is CCc1nc(C2(OC)CCCCC2)nc(NC)c1I. The molecule has 1 fully saturated rings. The van der Waals surface area contributed by atoms with Crippen LogP contribution in [0.15, 0.2) is 0 Å². The van der Waals surface area contributed by atoms with Gasteiger partial charge in [0.25, 0.3) is 0 Å². The van der Waals surface area contributed by atoms with Crippen LogP contribution < -0.4 is 5.32 Å². The third-order valence-corrected chi connectivity index (χ3v) is 5.08. The average molecular weight is 375 g/mol. The molecule has 2 rings (SSSR count). The average Bonchev–Trinajstić information content (AvgIpc) is 2.48. The molecule has 1 aromatic rings. The number of ether oxygens (including phenoxy) is 1. The molecule has 0 bridgehead atoms. The van der Waals surface area contributed by atoms with Gasteiger partial charge < -0.3 is 10.1 Å². The minimum Gasteiger partial charge on any atom is -0.372 e. The van der Waals surface area contributed by atoms with Crippen molar-refractivity contribution < 1.29 is 4.74 Å². The Bertz CT molecular complexity index is 419. The fourth-order valence-corrected chi connectivity index (χ4v) is 3.63. The maximum atomic E-state index is 5.85. The molecule has 0 atom stereocenters. The lowest BCUT2D eigenvalue weighted by atomic mass is 9.84. The highest BCUT2D eigenvalue weighted by atomic mass is 127. The third kappa shape index (κ3) is 2.86. The summed E-state index contributed by atoms with van der Waals surface area (Å²) in [6.07, 6.45) is 6.64. The van der Waals surface area contributed by atoms with E-state index in [4.69, 9.17) is 14.7 Å². The second kappa shape index (κ2) is 6.35. The Morgan fingerprint density at radius 2 is 1.95 bits per heavy atom. The second-order valence-corrected chi connectivity index (χ2v) is 6.10. The van der Waals surface area contributed by atoms with Crippen molar-refractivity contribution in [1.82, 2.24) is 9.97 Å². The van der Waals surface area contributed by atoms with Crippen molar-refractivity contribution in [3.8, 4) is 0 Å². The first kappa shape index (κ1) is 15.0. The molecule has 1 aliphatic carbocycles. The quantitative estimate of drug-likeness (QED) is 0.819. The molecule has 1 N–H and O–H groups in total. The van der Waals surface area contributed by atoms with Crippen molar-refractivity contribution >= 4 is 28.4 Å². The van der Waals surface area contributed by atoms with Crippen LogP contribution >= 0.6 is 22.6 Å². The Labute approximate surface area is 128 Å². The van der Waals surface area contributed by atoms with Crippen molar-refractivity contribution in [3.63, 3.8) is 0 Å². The van der Waals surface area contributed by atoms with Crippen LogP contribution in [0, 0.1) is 3.57 Å². The highest BCUT2D eigenvalue weighted by molar-refractivity contribution is 14.1. The number of methoxy groups -OCH3 is 1. The van der Waals surface area contributed by atoms with Crippen molar-refractivity contribution in [2.75, 3.05) is 19.5 Å². The van der Waals surface area contributed by atoms with E-state index in [1.165, 1.54) is 19.3 Å². The van der Waals surface area contributed by atoms with Gasteiger partial charge in [0.2, 0.25) is 0 Å². The van der Waals surface area contributed by atoms with E-state index in [1.54, 1.807) is 7.11 Å². The number of nitrogens with one attached hydrogen (secondary N) is 1. The Kier molecular flexibility index (Phi) is 5.00. The number of rotatable bonds is 4. The fraction of sp³-hybridized carbons (Fsp3) is 0.714. The Morgan fingerprint density at radius 1 is 1.26 bits per heavy atom. The lowest BCUT2D eigenvalue weighted by Crippen LogP contribution is -2.34. The molecular formula is C14H22IN3O. The van der Waals surface area contributed by atoms with Crippen LogP contribution in [0.1, 0.15) is 50.5 Å². The van der Waals surface area contributed by atoms with Crippen LogP contribution in [-0.2, 0) is 16.8 Å². The summed E-state index contributed by atoms with van der Waals surface area (Å²) >= 11 is 2.32. The molecular weight excluding hydrogens is 353 g/mol. The van der Waals surface area contributed by atoms with E-state index in [9.17, 15) is 0 Å². The number of nitrogens with zero attached hydrogens (tertiary/aromatic N) is 2. The molecule has 0 spiro atoms. The van der Waals surface area contributed by atoms with Gasteiger partial charge >= 0.3 is 0 Å². The second-order valence-electron chi connectivity index (χ2n) is 5.02. The van der Waals surface area contributed by atoms with E-state index in [2.05, 4.69) is 34.8 Å². The number of anilines is 1. The summed E-state index contributed by atoms with van der Waals surface area (Å²) in [6.45, 7) is 2.13. The standard InChI is InChI=1S/C14H22IN3O/c1-4-10-11(15)12(16-2)18-13(17-10)14(19-3)8-6-5-7-9-14/h4-9H2,1-3H3,(H,16,17,18). The van der Waals surface area contributed by atoms with Gasteiger partial charge in [-0.3, -0.25) is 0 Å². The Hall–Kier alpha value is -0.430. The van der Waals surface area contributed by atoms with Gasteiger partial charge in [0, 0.05) is 14.2 Å². The first-order valence-corrected chi connectivity index (χ1v) is 8.04. The maximum Gasteiger partial charge on any atom is 0.162 e. The van der Waals surface area contributed by atoms with E-state index >= 15 is 0 Å². The molecule has 0 radical (unpaired) electrons. The summed E-state index contributed by atoms with van der Waals surface area (Å²) in [4.78, 5) is 9.49. The summed E-state index contributed by atoms with van der Waals surface area (Å²) in [5.41, 5.74) is 0.829. The van der Waals surface area contributed by atoms with Crippen LogP contribution in [0.2, 0.25) is 0 Å². The van der Waals surface area contributed by atoms with Crippen molar-refractivity contribution in [1.29, 1.82) is 0 Å². The van der Waals surface area contributed by atoms with Gasteiger partial charge in [-0.25, -0.2) is 9.97 Å². The smallest absolute Gasteiger partial charge is 0.162 e. The first-order valence-electron chi connectivity index (χ1n) is 6.96. The number of hydrogen-bond donors (Lipinski definition) is 1. The van der Waals surface area contributed by atoms with E-state index in [0.717, 1.165) is 40.2 Å². The van der Waals surface area contributed by atoms with Crippen LogP contribution in [0.5, 0.6) is 0 Å². The summed E-state index contributed by atoms with van der Waals surface area (Å²) in [5, 5.41) is 3.18. The molecule has 0 aliphatic heterocycles. The topological polar surface area (TPSA) is 47.0 Å². The molecule has 0 saturated heterocycles. The van der Waals surface area contributed by atoms with Crippen molar-refractivity contribution in [2.45, 2.75) is 51.0 Å². The largest absolute Gasteiger partial charge is 0.372 e. The van der Waals surface area contributed by atoms with Crippen LogP contribution in [-0.4, -0.2) is 24.1 Å². The van der Waals surface area contributed by atoms with Crippen LogP contribution in [0.25, 0.3) is 0 Å². The summed E-state index contributed by atoms with van der Waals surface area (Å²) in [6, 6.07) is 0. The van der Waals surface area contributed by atoms with E-state index in [0.29, 0.717) is 0 Å². The molecule has 1 saturated carbocycles. The van der Waals surface area contributed by atoms with Crippen molar-refractivity contribution in [2.24, 2.45) is 0 Å². The highest BCUT2D eigenvalue weighted by Gasteiger charge is 2.37. The normalized spacial score (nSPS) is 18.3. The zero-order valence-corrected chi connectivity index (χ0v) is 14.1. The number of halogens is 1. The Balaban J connectivity index is 2.48. The van der Waals surface area contributed by atoms with Gasteiger partial charge in [0.1, 0.15) is 11.4 Å². The predicted octanol–water partition coefficient (Wildman–Crippen LogP) is 3.49. The van der Waals surface area contributed by atoms with E-state index in [-0.39, 0.29) is 5.60 Å². The Morgan fingerprint density at radius 3 is 2.47 bits per heavy atom. The molecule has 0 amide bonds. The summed E-state index contributed by atoms with van der Waals surface area (Å²) in [5.74, 6) is 1.78. The summed E-state index contributed by atoms with van der Waals surface area (Å²) in [7, 11) is 3.70. The minimum absolute atomic E-state index is 0.280. The van der Waals surface area contributed by atoms with E-state index in [1.807, 2.05) is 7.05 Å². The minimum atomic E-state index is -0.280. The van der Waals surface area contributed by atoms with Crippen LogP contribution in [0.3, 0.4) is 0 Å². The molecule has 1 heterocycles. The van der Waals surface area contributed by atoms with Gasteiger partial charge in [0.05, 0.1) is 9.26 Å². The molecule has 19 heavy (non-hydrogen) atoms. The fourth-order valence-electron chi connectivity index (χ4n) is 2.74. The zero-order valence-electron chi connectivity index (χ0n) is 11.9. The van der Waals surface area contributed by atoms with Gasteiger partial charge in [0.15, 0.2) is 5.82 Å². The molecule has 1 aliphatic rings. The zero-order chi connectivity index (χ0) is 13.9. The van der Waals surface area contributed by atoms with Gasteiger partial charge in [-0.05, 0) is 41.9 Å². The van der Waals surface area contributed by atoms with Gasteiger partial charge in [-0.15, -0.1) is 0 Å². The molecule has 0 aromatic carbocycles. The number of aromatic nitrogens is 2. The van der Waals surface area contributed by atoms with Gasteiger partial charge in [-0.1, -0.05) is 26.2 Å². The maximum absolute atomic E-state index is 5.85. The third-order valence-electron chi connectivity index (χ3n) is 3.95. The highest BCUT2D eigenvalue weighted by Crippen LogP contribution is 2.39. The monoisotopic (exact) mass is 375 g/mol. The van der Waals surface area contributed by atoms with Crippen molar-refractivity contribution in [3.05, 3.63) is 15.1 Å². The molecule has 1 aromatic heterocycles. The first-order chi connectivity index (χ1) is 9.16. The number of aryl methyl sites for hydroxylation is 1. The molecule has 4 nitrogen and oxygen atoms in total.